The molecule has 5 aromatic rings. The Morgan fingerprint density at radius 2 is 1.48 bits per heavy atom. The average Bonchev–Trinajstić information content (AvgIpc) is 3.59. The van der Waals surface area contributed by atoms with E-state index in [2.05, 4.69) is 174 Å². The summed E-state index contributed by atoms with van der Waals surface area (Å²) in [5.74, 6) is 3.87. The number of anilines is 3. The summed E-state index contributed by atoms with van der Waals surface area (Å²) in [5, 5.41) is 0. The maximum atomic E-state index is 6.94. The van der Waals surface area contributed by atoms with Gasteiger partial charge in [0.1, 0.15) is 18.3 Å². The van der Waals surface area contributed by atoms with Crippen LogP contribution >= 0.6 is 0 Å². The van der Waals surface area contributed by atoms with Crippen molar-refractivity contribution in [1.82, 2.24) is 4.98 Å². The smallest absolute Gasteiger partial charge is 0.518 e. The normalized spacial score (nSPS) is 17.0. The summed E-state index contributed by atoms with van der Waals surface area (Å²) in [6.07, 6.45) is 6.40. The molecule has 2 aliphatic heterocycles. The van der Waals surface area contributed by atoms with Crippen molar-refractivity contribution in [3.05, 3.63) is 130 Å². The quantitative estimate of drug-likeness (QED) is 0.117. The predicted molar refractivity (Wildman–Crippen MR) is 246 cm³/mol. The summed E-state index contributed by atoms with van der Waals surface area (Å²) in [7, 11) is 0. The molecule has 0 unspecified atom stereocenters. The van der Waals surface area contributed by atoms with Gasteiger partial charge < -0.3 is 14.4 Å². The minimum Gasteiger partial charge on any atom is -0.518 e. The first-order chi connectivity index (χ1) is 27.9. The van der Waals surface area contributed by atoms with Gasteiger partial charge in [-0.05, 0) is 82.9 Å². The molecule has 60 heavy (non-hydrogen) atoms. The number of fused-ring (bicyclic) bond motifs is 2. The number of pyridine rings is 1. The Labute approximate surface area is 375 Å². The molecular weight excluding hydrogens is 918 g/mol. The summed E-state index contributed by atoms with van der Waals surface area (Å²) in [6.45, 7) is 30.0. The zero-order chi connectivity index (χ0) is 42.4. The molecule has 0 N–H and O–H groups in total. The predicted octanol–water partition coefficient (Wildman–Crippen LogP) is 14.9. The molecule has 1 atom stereocenters. The summed E-state index contributed by atoms with van der Waals surface area (Å²) in [5.41, 5.74) is 12.0. The van der Waals surface area contributed by atoms with Gasteiger partial charge in [0.05, 0.1) is 5.54 Å². The minimum absolute atomic E-state index is 0. The number of benzene rings is 4. The fourth-order valence-corrected chi connectivity index (χ4v) is 9.28. The van der Waals surface area contributed by atoms with Crippen LogP contribution in [0.4, 0.5) is 17.2 Å². The average molecular weight is 983 g/mol. The van der Waals surface area contributed by atoms with E-state index in [1.165, 1.54) is 33.4 Å². The van der Waals surface area contributed by atoms with E-state index in [1.807, 2.05) is 12.3 Å². The van der Waals surface area contributed by atoms with Crippen LogP contribution in [-0.2, 0) is 36.6 Å². The fraction of sp³-hybridized carbons (Fsp3) is 0.444. The summed E-state index contributed by atoms with van der Waals surface area (Å²) < 4.78 is 13.5. The van der Waals surface area contributed by atoms with E-state index in [1.54, 1.807) is 0 Å². The van der Waals surface area contributed by atoms with Crippen LogP contribution in [-0.4, -0.2) is 23.0 Å². The molecule has 0 aliphatic carbocycles. The molecular formula is C54H65N3O2Pt. The van der Waals surface area contributed by atoms with E-state index in [4.69, 9.17) is 19.5 Å². The Balaban J connectivity index is 0.00000604. The third-order valence-electron chi connectivity index (χ3n) is 12.6. The largest absolute Gasteiger partial charge is 2.00 e. The molecule has 7 rings (SSSR count). The summed E-state index contributed by atoms with van der Waals surface area (Å²) in [6, 6.07) is 33.8. The number of aliphatic imine (C=N–C) groups is 1. The third kappa shape index (κ3) is 8.76. The first-order valence-electron chi connectivity index (χ1n) is 22.0. The number of hydrogen-bond donors (Lipinski definition) is 0. The van der Waals surface area contributed by atoms with E-state index in [9.17, 15) is 0 Å². The Morgan fingerprint density at radius 1 is 0.817 bits per heavy atom. The number of aryl methyl sites for hydroxylation is 1. The van der Waals surface area contributed by atoms with Crippen molar-refractivity contribution in [1.29, 1.82) is 0 Å². The molecule has 4 aromatic carbocycles. The van der Waals surface area contributed by atoms with Crippen LogP contribution in [0.25, 0.3) is 11.1 Å². The van der Waals surface area contributed by atoms with Gasteiger partial charge in [0.25, 0.3) is 0 Å². The zero-order valence-electron chi connectivity index (χ0n) is 38.2. The Hall–Kier alpha value is -4.21. The van der Waals surface area contributed by atoms with Crippen molar-refractivity contribution in [3.8, 4) is 22.6 Å². The molecule has 3 heterocycles. The maximum Gasteiger partial charge on any atom is 2.00 e. The first kappa shape index (κ1) is 45.3. The van der Waals surface area contributed by atoms with Crippen LogP contribution in [0.2, 0.25) is 0 Å². The number of nitrogens with zero attached hydrogens (tertiary/aromatic N) is 3. The van der Waals surface area contributed by atoms with Crippen molar-refractivity contribution in [2.45, 2.75) is 144 Å². The van der Waals surface area contributed by atoms with Gasteiger partial charge >= 0.3 is 21.1 Å². The van der Waals surface area contributed by atoms with Gasteiger partial charge in [0, 0.05) is 34.4 Å². The van der Waals surface area contributed by atoms with Crippen molar-refractivity contribution in [2.24, 2.45) is 10.9 Å². The minimum atomic E-state index is -0.290. The van der Waals surface area contributed by atoms with Crippen molar-refractivity contribution in [2.75, 3.05) is 11.5 Å². The second kappa shape index (κ2) is 17.6. The molecule has 0 bridgehead atoms. The van der Waals surface area contributed by atoms with Crippen molar-refractivity contribution >= 4 is 23.1 Å². The van der Waals surface area contributed by atoms with Gasteiger partial charge in [0.15, 0.2) is 0 Å². The van der Waals surface area contributed by atoms with Gasteiger partial charge in [-0.2, -0.15) is 5.56 Å². The van der Waals surface area contributed by atoms with Crippen molar-refractivity contribution in [3.63, 3.8) is 0 Å². The van der Waals surface area contributed by atoms with E-state index < -0.39 is 0 Å². The van der Waals surface area contributed by atoms with E-state index in [0.29, 0.717) is 41.8 Å². The van der Waals surface area contributed by atoms with Crippen LogP contribution in [0, 0.1) is 25.0 Å². The molecule has 1 aromatic heterocycles. The number of rotatable bonds is 12. The molecule has 2 aliphatic rings. The van der Waals surface area contributed by atoms with Gasteiger partial charge in [-0.3, -0.25) is 4.99 Å². The van der Waals surface area contributed by atoms with Crippen LogP contribution in [0.3, 0.4) is 0 Å². The molecule has 5 nitrogen and oxygen atoms in total. The van der Waals surface area contributed by atoms with Crippen LogP contribution < -0.4 is 9.64 Å². The third-order valence-corrected chi connectivity index (χ3v) is 12.6. The maximum absolute atomic E-state index is 6.94. The SMILES string of the molecule is CCCC(CCC)[C@]1(C)COC(c2[c-]c(Oc3[c-]c(N4c5ccc(C(C)(C)C)cc5C(C)(C)c5cccnc54)cc(C)c3)cc(-c3c(C(C)C)cccc3C(C)C)c2)=N1.[Pt+2]. The van der Waals surface area contributed by atoms with Crippen LogP contribution in [0.5, 0.6) is 11.5 Å². The topological polar surface area (TPSA) is 47.0 Å². The monoisotopic (exact) mass is 982 g/mol. The number of aromatic nitrogens is 1. The van der Waals surface area contributed by atoms with E-state index in [-0.39, 0.29) is 37.4 Å². The molecule has 0 spiro atoms. The summed E-state index contributed by atoms with van der Waals surface area (Å²) >= 11 is 0. The standard InChI is InChI=1S/C54H65N3O2.Pt/c1-14-18-39(19-15-2)54(13)33-58-51(56-54)38-28-37(49-44(34(3)4)20-16-21-45(49)35(5)6)29-43(30-38)59-42-27-36(7)26-41(32-42)57-48-24-23-40(52(8,9)10)31-47(48)53(11,12)46-22-17-25-55-50(46)57;/h16-17,20-29,31,34-35,39H,14-15,18-19,33H2,1-13H3;/q-2;+2/t54-;/m0./s1. The Morgan fingerprint density at radius 3 is 2.12 bits per heavy atom. The Bertz CT molecular complexity index is 2340. The van der Waals surface area contributed by atoms with Crippen LogP contribution in [0.15, 0.2) is 84.0 Å². The first-order valence-corrected chi connectivity index (χ1v) is 22.0. The molecule has 0 fully saturated rings. The Kier molecular flexibility index (Phi) is 13.3. The zero-order valence-corrected chi connectivity index (χ0v) is 40.5. The molecule has 318 valence electrons. The number of hydrogen-bond acceptors (Lipinski definition) is 5. The van der Waals surface area contributed by atoms with Gasteiger partial charge in [-0.1, -0.05) is 161 Å². The second-order valence-corrected chi connectivity index (χ2v) is 19.4. The molecule has 0 amide bonds. The van der Waals surface area contributed by atoms with Gasteiger partial charge in [-0.25, -0.2) is 4.98 Å². The number of ether oxygens (including phenoxy) is 2. The van der Waals surface area contributed by atoms with E-state index in [0.717, 1.165) is 59.6 Å². The van der Waals surface area contributed by atoms with Crippen LogP contribution in [0.1, 0.15) is 160 Å². The van der Waals surface area contributed by atoms with Gasteiger partial charge in [0.2, 0.25) is 0 Å². The fourth-order valence-electron chi connectivity index (χ4n) is 9.28. The summed E-state index contributed by atoms with van der Waals surface area (Å²) in [4.78, 5) is 12.6. The second-order valence-electron chi connectivity index (χ2n) is 19.4. The molecule has 0 radical (unpaired) electrons. The molecule has 0 saturated heterocycles. The molecule has 6 heteroatoms. The van der Waals surface area contributed by atoms with Gasteiger partial charge in [-0.15, -0.1) is 24.3 Å². The van der Waals surface area contributed by atoms with E-state index >= 15 is 0 Å². The molecule has 0 saturated carbocycles. The van der Waals surface area contributed by atoms with Crippen molar-refractivity contribution < 1.29 is 30.5 Å².